The molecule has 1 atom stereocenters. The Balaban J connectivity index is 2.73. The smallest absolute Gasteiger partial charge is 0.217 e. The number of rotatable bonds is 6. The number of carbonyl (C=O) groups excluding carboxylic acids is 2. The molecule has 0 aliphatic carbocycles. The summed E-state index contributed by atoms with van der Waals surface area (Å²) >= 11 is 9.50. The monoisotopic (exact) mass is 301 g/mol. The topological polar surface area (TPSA) is 66.4 Å². The highest BCUT2D eigenvalue weighted by atomic mass is 35.5. The van der Waals surface area contributed by atoms with Crippen molar-refractivity contribution in [3.8, 4) is 0 Å². The zero-order valence-electron chi connectivity index (χ0n) is 10.5. The Morgan fingerprint density at radius 2 is 1.95 bits per heavy atom. The van der Waals surface area contributed by atoms with Gasteiger partial charge in [-0.3, -0.25) is 9.59 Å². The van der Waals surface area contributed by atoms with Crippen molar-refractivity contribution < 1.29 is 14.7 Å². The van der Waals surface area contributed by atoms with Gasteiger partial charge in [0.15, 0.2) is 0 Å². The van der Waals surface area contributed by atoms with Crippen LogP contribution < -0.4 is 5.32 Å². The van der Waals surface area contributed by atoms with E-state index in [2.05, 4.69) is 17.9 Å². The quantitative estimate of drug-likeness (QED) is 0.699. The summed E-state index contributed by atoms with van der Waals surface area (Å²) in [6.45, 7) is 1.59. The molecule has 1 aromatic rings. The van der Waals surface area contributed by atoms with Crippen LogP contribution in [0.1, 0.15) is 18.9 Å². The normalized spacial score (nSPS) is 13.7. The standard InChI is InChI=1S/C13H16ClNO3S/c1-9(16)15-7-6-13(18,12(17)19)8-10-2-4-11(14)5-3-10/h2-5,18H,6-8H2,1H3,(H,15,16)(H,17,19). The van der Waals surface area contributed by atoms with E-state index in [9.17, 15) is 14.7 Å². The van der Waals surface area contributed by atoms with Gasteiger partial charge in [0.1, 0.15) is 5.60 Å². The molecule has 0 aliphatic heterocycles. The molecule has 0 spiro atoms. The lowest BCUT2D eigenvalue weighted by atomic mass is 9.92. The van der Waals surface area contributed by atoms with E-state index in [1.165, 1.54) is 6.92 Å². The first-order chi connectivity index (χ1) is 8.83. The van der Waals surface area contributed by atoms with Gasteiger partial charge in [-0.25, -0.2) is 0 Å². The van der Waals surface area contributed by atoms with Crippen LogP contribution in [0.2, 0.25) is 5.02 Å². The summed E-state index contributed by atoms with van der Waals surface area (Å²) in [6, 6.07) is 6.85. The van der Waals surface area contributed by atoms with Crippen LogP contribution in [0.4, 0.5) is 0 Å². The van der Waals surface area contributed by atoms with Crippen LogP contribution in [0.25, 0.3) is 0 Å². The van der Waals surface area contributed by atoms with Crippen molar-refractivity contribution in [2.45, 2.75) is 25.4 Å². The minimum atomic E-state index is -1.60. The van der Waals surface area contributed by atoms with Crippen molar-refractivity contribution in [3.05, 3.63) is 34.9 Å². The third kappa shape index (κ3) is 5.22. The number of nitrogens with one attached hydrogen (secondary N) is 1. The number of benzene rings is 1. The minimum Gasteiger partial charge on any atom is -0.381 e. The van der Waals surface area contributed by atoms with Crippen LogP contribution in [0.5, 0.6) is 0 Å². The number of carbonyl (C=O) groups is 2. The summed E-state index contributed by atoms with van der Waals surface area (Å²) < 4.78 is 0. The molecule has 0 aliphatic rings. The number of amides is 1. The molecule has 0 saturated heterocycles. The fourth-order valence-electron chi connectivity index (χ4n) is 1.66. The predicted octanol–water partition coefficient (Wildman–Crippen LogP) is 1.60. The zero-order valence-corrected chi connectivity index (χ0v) is 12.2. The SMILES string of the molecule is CC(=O)NCCC(O)(Cc1ccc(Cl)cc1)C(=O)S. The fraction of sp³-hybridized carbons (Fsp3) is 0.385. The molecule has 4 nitrogen and oxygen atoms in total. The second-order valence-electron chi connectivity index (χ2n) is 4.37. The Morgan fingerprint density at radius 3 is 2.42 bits per heavy atom. The Bertz CT molecular complexity index is 463. The first kappa shape index (κ1) is 16.0. The fourth-order valence-corrected chi connectivity index (χ4v) is 1.97. The lowest BCUT2D eigenvalue weighted by Gasteiger charge is -2.24. The summed E-state index contributed by atoms with van der Waals surface area (Å²) in [5.74, 6) is -0.208. The molecule has 0 heterocycles. The number of halogens is 1. The summed E-state index contributed by atoms with van der Waals surface area (Å²) in [4.78, 5) is 22.3. The zero-order chi connectivity index (χ0) is 14.5. The molecule has 104 valence electrons. The van der Waals surface area contributed by atoms with Gasteiger partial charge < -0.3 is 10.4 Å². The van der Waals surface area contributed by atoms with Crippen LogP contribution in [0, 0.1) is 0 Å². The minimum absolute atomic E-state index is 0.109. The van der Waals surface area contributed by atoms with E-state index in [4.69, 9.17) is 11.6 Å². The third-order valence-corrected chi connectivity index (χ3v) is 3.39. The molecule has 0 saturated carbocycles. The molecule has 1 unspecified atom stereocenters. The maximum atomic E-state index is 11.5. The van der Waals surface area contributed by atoms with E-state index in [-0.39, 0.29) is 25.3 Å². The number of aliphatic hydroxyl groups is 1. The van der Waals surface area contributed by atoms with Crippen molar-refractivity contribution in [1.29, 1.82) is 0 Å². The van der Waals surface area contributed by atoms with E-state index in [1.807, 2.05) is 0 Å². The highest BCUT2D eigenvalue weighted by Crippen LogP contribution is 2.21. The van der Waals surface area contributed by atoms with Crippen molar-refractivity contribution in [2.24, 2.45) is 0 Å². The van der Waals surface area contributed by atoms with Crippen LogP contribution in [-0.2, 0) is 16.0 Å². The van der Waals surface area contributed by atoms with Crippen molar-refractivity contribution in [2.75, 3.05) is 6.54 Å². The highest BCUT2D eigenvalue weighted by Gasteiger charge is 2.33. The average molecular weight is 302 g/mol. The van der Waals surface area contributed by atoms with Gasteiger partial charge in [-0.05, 0) is 17.7 Å². The maximum absolute atomic E-state index is 11.5. The molecule has 1 aromatic carbocycles. The molecular weight excluding hydrogens is 286 g/mol. The molecule has 19 heavy (non-hydrogen) atoms. The molecule has 0 radical (unpaired) electrons. The molecule has 0 bridgehead atoms. The van der Waals surface area contributed by atoms with E-state index in [0.717, 1.165) is 5.56 Å². The lowest BCUT2D eigenvalue weighted by molar-refractivity contribution is -0.128. The van der Waals surface area contributed by atoms with Crippen LogP contribution in [-0.4, -0.2) is 28.3 Å². The second kappa shape index (κ2) is 6.93. The molecule has 6 heteroatoms. The van der Waals surface area contributed by atoms with Gasteiger partial charge in [0.05, 0.1) is 0 Å². The molecular formula is C13H16ClNO3S. The largest absolute Gasteiger partial charge is 0.381 e. The van der Waals surface area contributed by atoms with E-state index >= 15 is 0 Å². The molecule has 2 N–H and O–H groups in total. The van der Waals surface area contributed by atoms with Crippen LogP contribution in [0.3, 0.4) is 0 Å². The predicted molar refractivity (Wildman–Crippen MR) is 77.4 cm³/mol. The summed E-state index contributed by atoms with van der Waals surface area (Å²) in [7, 11) is 0. The highest BCUT2D eigenvalue weighted by molar-refractivity contribution is 7.96. The van der Waals surface area contributed by atoms with E-state index < -0.39 is 10.7 Å². The number of hydrogen-bond acceptors (Lipinski definition) is 3. The third-order valence-electron chi connectivity index (χ3n) is 2.72. The molecule has 0 aromatic heterocycles. The van der Waals surface area contributed by atoms with Gasteiger partial charge >= 0.3 is 0 Å². The average Bonchev–Trinajstić information content (AvgIpc) is 2.31. The summed E-state index contributed by atoms with van der Waals surface area (Å²) in [5, 5.41) is 12.8. The first-order valence-electron chi connectivity index (χ1n) is 5.78. The number of thiol groups is 1. The van der Waals surface area contributed by atoms with Crippen molar-refractivity contribution in [3.63, 3.8) is 0 Å². The maximum Gasteiger partial charge on any atom is 0.217 e. The Morgan fingerprint density at radius 1 is 1.37 bits per heavy atom. The Kier molecular flexibility index (Phi) is 5.85. The second-order valence-corrected chi connectivity index (χ2v) is 5.22. The molecule has 0 fully saturated rings. The lowest BCUT2D eigenvalue weighted by Crippen LogP contribution is -2.41. The Hall–Kier alpha value is -1.04. The van der Waals surface area contributed by atoms with Gasteiger partial charge in [-0.15, -0.1) is 12.6 Å². The number of hydrogen-bond donors (Lipinski definition) is 3. The van der Waals surface area contributed by atoms with Crippen molar-refractivity contribution >= 4 is 35.3 Å². The van der Waals surface area contributed by atoms with Gasteiger partial charge in [-0.1, -0.05) is 23.7 Å². The van der Waals surface area contributed by atoms with Crippen LogP contribution in [0.15, 0.2) is 24.3 Å². The van der Waals surface area contributed by atoms with Crippen LogP contribution >= 0.6 is 24.2 Å². The molecule has 1 amide bonds. The van der Waals surface area contributed by atoms with Gasteiger partial charge in [-0.2, -0.15) is 0 Å². The molecule has 1 rings (SSSR count). The van der Waals surface area contributed by atoms with E-state index in [0.29, 0.717) is 5.02 Å². The van der Waals surface area contributed by atoms with E-state index in [1.54, 1.807) is 24.3 Å². The van der Waals surface area contributed by atoms with Crippen molar-refractivity contribution in [1.82, 2.24) is 5.32 Å². The first-order valence-corrected chi connectivity index (χ1v) is 6.61. The van der Waals surface area contributed by atoms with Gasteiger partial charge in [0.25, 0.3) is 0 Å². The summed E-state index contributed by atoms with van der Waals surface area (Å²) in [6.07, 6.45) is 0.240. The van der Waals surface area contributed by atoms with Gasteiger partial charge in [0.2, 0.25) is 11.0 Å². The Labute approximate surface area is 122 Å². The summed E-state index contributed by atoms with van der Waals surface area (Å²) in [5.41, 5.74) is -0.823. The van der Waals surface area contributed by atoms with Gasteiger partial charge in [0, 0.05) is 31.3 Å².